The highest BCUT2D eigenvalue weighted by molar-refractivity contribution is 8.18. The molecule has 2 aromatic rings. The number of hydrogen-bond donors (Lipinski definition) is 1. The first kappa shape index (κ1) is 21.7. The summed E-state index contributed by atoms with van der Waals surface area (Å²) in [4.78, 5) is 30.1. The van der Waals surface area contributed by atoms with Gasteiger partial charge in [0, 0.05) is 6.54 Å². The second kappa shape index (κ2) is 9.69. The van der Waals surface area contributed by atoms with Crippen molar-refractivity contribution in [3.63, 3.8) is 0 Å². The molecular formula is C21H19ClN2O5S. The van der Waals surface area contributed by atoms with Crippen LogP contribution in [0.3, 0.4) is 0 Å². The zero-order valence-electron chi connectivity index (χ0n) is 16.3. The van der Waals surface area contributed by atoms with Crippen molar-refractivity contribution < 1.29 is 24.2 Å². The van der Waals surface area contributed by atoms with E-state index in [1.807, 2.05) is 31.2 Å². The van der Waals surface area contributed by atoms with Crippen LogP contribution in [0, 0.1) is 0 Å². The van der Waals surface area contributed by atoms with E-state index in [-0.39, 0.29) is 16.7 Å². The van der Waals surface area contributed by atoms with Crippen LogP contribution in [-0.4, -0.2) is 47.3 Å². The molecule has 3 rings (SSSR count). The first-order chi connectivity index (χ1) is 14.4. The topological polar surface area (TPSA) is 88.4 Å². The number of carboxylic acid groups (broad SMARTS) is 1. The van der Waals surface area contributed by atoms with E-state index in [1.54, 1.807) is 36.3 Å². The summed E-state index contributed by atoms with van der Waals surface area (Å²) < 4.78 is 10.3. The van der Waals surface area contributed by atoms with Gasteiger partial charge in [0.1, 0.15) is 11.5 Å². The molecule has 30 heavy (non-hydrogen) atoms. The monoisotopic (exact) mass is 446 g/mol. The van der Waals surface area contributed by atoms with Crippen molar-refractivity contribution in [3.8, 4) is 11.5 Å². The Labute approximate surface area is 183 Å². The van der Waals surface area contributed by atoms with Gasteiger partial charge < -0.3 is 14.6 Å². The number of carbonyl (C=O) groups is 2. The van der Waals surface area contributed by atoms with Crippen molar-refractivity contribution >= 4 is 52.2 Å². The van der Waals surface area contributed by atoms with Crippen molar-refractivity contribution in [3.05, 3.63) is 58.0 Å². The fourth-order valence-corrected chi connectivity index (χ4v) is 3.96. The summed E-state index contributed by atoms with van der Waals surface area (Å²) in [7, 11) is 1.60. The van der Waals surface area contributed by atoms with Gasteiger partial charge in [-0.2, -0.15) is 0 Å². The quantitative estimate of drug-likeness (QED) is 0.633. The van der Waals surface area contributed by atoms with Gasteiger partial charge in [0.25, 0.3) is 5.91 Å². The number of aliphatic imine (C=N–C) groups is 1. The van der Waals surface area contributed by atoms with Gasteiger partial charge in [-0.1, -0.05) is 17.7 Å². The van der Waals surface area contributed by atoms with Crippen molar-refractivity contribution in [2.75, 3.05) is 20.3 Å². The van der Waals surface area contributed by atoms with Gasteiger partial charge in [-0.15, -0.1) is 0 Å². The van der Waals surface area contributed by atoms with E-state index in [1.165, 1.54) is 11.8 Å². The molecule has 0 spiro atoms. The Kier molecular flexibility index (Phi) is 7.02. The van der Waals surface area contributed by atoms with E-state index in [4.69, 9.17) is 26.2 Å². The van der Waals surface area contributed by atoms with Gasteiger partial charge >= 0.3 is 5.97 Å². The summed E-state index contributed by atoms with van der Waals surface area (Å²) in [5.74, 6) is -0.233. The number of aliphatic carboxylic acids is 1. The van der Waals surface area contributed by atoms with Gasteiger partial charge in [0.05, 0.1) is 22.7 Å². The van der Waals surface area contributed by atoms with Crippen LogP contribution >= 0.6 is 23.4 Å². The van der Waals surface area contributed by atoms with Gasteiger partial charge in [-0.25, -0.2) is 9.79 Å². The molecule has 1 N–H and O–H groups in total. The summed E-state index contributed by atoms with van der Waals surface area (Å²) in [6, 6.07) is 12.2. The maximum absolute atomic E-state index is 12.8. The SMILES string of the molecule is CCN1C(=O)/C(=C\c2ccc(OCC(=O)O)c(Cl)c2)SC1=Nc1ccc(OC)cc1. The van der Waals surface area contributed by atoms with E-state index in [2.05, 4.69) is 4.99 Å². The number of carboxylic acids is 1. The van der Waals surface area contributed by atoms with Crippen LogP contribution in [0.25, 0.3) is 6.08 Å². The molecule has 0 aliphatic carbocycles. The van der Waals surface area contributed by atoms with Crippen molar-refractivity contribution in [1.29, 1.82) is 0 Å². The smallest absolute Gasteiger partial charge is 0.341 e. The summed E-state index contributed by atoms with van der Waals surface area (Å²) >= 11 is 7.45. The molecule has 1 saturated heterocycles. The minimum absolute atomic E-state index is 0.142. The molecule has 0 radical (unpaired) electrons. The molecule has 1 amide bonds. The fraction of sp³-hybridized carbons (Fsp3) is 0.190. The number of thioether (sulfide) groups is 1. The molecule has 1 aliphatic rings. The maximum Gasteiger partial charge on any atom is 0.341 e. The third-order valence-corrected chi connectivity index (χ3v) is 5.41. The third kappa shape index (κ3) is 5.14. The fourth-order valence-electron chi connectivity index (χ4n) is 2.65. The second-order valence-corrected chi connectivity index (χ2v) is 7.54. The molecule has 9 heteroatoms. The van der Waals surface area contributed by atoms with E-state index in [0.29, 0.717) is 27.9 Å². The van der Waals surface area contributed by atoms with Gasteiger partial charge in [0.15, 0.2) is 11.8 Å². The lowest BCUT2D eigenvalue weighted by Crippen LogP contribution is -2.28. The highest BCUT2D eigenvalue weighted by atomic mass is 35.5. The number of likely N-dealkylation sites (N-methyl/N-ethyl adjacent to an activating group) is 1. The predicted molar refractivity (Wildman–Crippen MR) is 118 cm³/mol. The molecule has 0 unspecified atom stereocenters. The van der Waals surface area contributed by atoms with E-state index in [0.717, 1.165) is 5.75 Å². The number of benzene rings is 2. The Bertz CT molecular complexity index is 1020. The van der Waals surface area contributed by atoms with Crippen molar-refractivity contribution in [2.45, 2.75) is 6.92 Å². The second-order valence-electron chi connectivity index (χ2n) is 6.12. The van der Waals surface area contributed by atoms with Gasteiger partial charge in [0.2, 0.25) is 0 Å². The van der Waals surface area contributed by atoms with Crippen LogP contribution < -0.4 is 9.47 Å². The zero-order valence-corrected chi connectivity index (χ0v) is 17.9. The number of ether oxygens (including phenoxy) is 2. The summed E-state index contributed by atoms with van der Waals surface area (Å²) in [5, 5.41) is 9.56. The Morgan fingerprint density at radius 1 is 1.27 bits per heavy atom. The van der Waals surface area contributed by atoms with Crippen LogP contribution in [-0.2, 0) is 9.59 Å². The number of amides is 1. The first-order valence-corrected chi connectivity index (χ1v) is 10.2. The lowest BCUT2D eigenvalue weighted by molar-refractivity contribution is -0.139. The molecule has 0 saturated carbocycles. The first-order valence-electron chi connectivity index (χ1n) is 8.99. The average molecular weight is 447 g/mol. The van der Waals surface area contributed by atoms with Crippen LogP contribution in [0.5, 0.6) is 11.5 Å². The van der Waals surface area contributed by atoms with Crippen LogP contribution in [0.15, 0.2) is 52.4 Å². The van der Waals surface area contributed by atoms with Gasteiger partial charge in [-0.3, -0.25) is 9.69 Å². The lowest BCUT2D eigenvalue weighted by atomic mass is 10.2. The molecule has 1 aliphatic heterocycles. The Hall–Kier alpha value is -2.97. The highest BCUT2D eigenvalue weighted by Gasteiger charge is 2.32. The lowest BCUT2D eigenvalue weighted by Gasteiger charge is -2.12. The molecule has 0 aromatic heterocycles. The molecule has 2 aromatic carbocycles. The number of hydrogen-bond acceptors (Lipinski definition) is 6. The van der Waals surface area contributed by atoms with E-state index < -0.39 is 12.6 Å². The predicted octanol–water partition coefficient (Wildman–Crippen LogP) is 4.44. The van der Waals surface area contributed by atoms with E-state index >= 15 is 0 Å². The minimum atomic E-state index is -1.09. The Morgan fingerprint density at radius 3 is 2.60 bits per heavy atom. The van der Waals surface area contributed by atoms with Crippen LogP contribution in [0.4, 0.5) is 5.69 Å². The molecule has 0 atom stereocenters. The number of nitrogens with zero attached hydrogens (tertiary/aromatic N) is 2. The zero-order chi connectivity index (χ0) is 21.7. The summed E-state index contributed by atoms with van der Waals surface area (Å²) in [6.07, 6.45) is 1.72. The standard InChI is InChI=1S/C21H19ClN2O5S/c1-3-24-20(27)18(30-21(24)23-14-5-7-15(28-2)8-6-14)11-13-4-9-17(16(22)10-13)29-12-19(25)26/h4-11H,3,12H2,1-2H3,(H,25,26)/b18-11+,23-21?. The van der Waals surface area contributed by atoms with Crippen LogP contribution in [0.1, 0.15) is 12.5 Å². The number of halogens is 1. The average Bonchev–Trinajstić information content (AvgIpc) is 3.01. The van der Waals surface area contributed by atoms with Crippen LogP contribution in [0.2, 0.25) is 5.02 Å². The largest absolute Gasteiger partial charge is 0.497 e. The number of methoxy groups -OCH3 is 1. The Balaban J connectivity index is 1.83. The molecule has 156 valence electrons. The number of carbonyl (C=O) groups excluding carboxylic acids is 1. The number of rotatable bonds is 7. The minimum Gasteiger partial charge on any atom is -0.497 e. The molecule has 7 nitrogen and oxygen atoms in total. The molecule has 0 bridgehead atoms. The third-order valence-electron chi connectivity index (χ3n) is 4.11. The van der Waals surface area contributed by atoms with Crippen molar-refractivity contribution in [1.82, 2.24) is 4.90 Å². The maximum atomic E-state index is 12.8. The molecule has 1 fully saturated rings. The normalized spacial score (nSPS) is 16.4. The summed E-state index contributed by atoms with van der Waals surface area (Å²) in [6.45, 7) is 1.89. The number of amidine groups is 1. The van der Waals surface area contributed by atoms with Gasteiger partial charge in [-0.05, 0) is 66.7 Å². The molecular weight excluding hydrogens is 428 g/mol. The summed E-state index contributed by atoms with van der Waals surface area (Å²) in [5.41, 5.74) is 1.41. The van der Waals surface area contributed by atoms with Crippen molar-refractivity contribution in [2.24, 2.45) is 4.99 Å². The highest BCUT2D eigenvalue weighted by Crippen LogP contribution is 2.35. The Morgan fingerprint density at radius 2 is 2.00 bits per heavy atom. The van der Waals surface area contributed by atoms with E-state index in [9.17, 15) is 9.59 Å². The molecule has 1 heterocycles.